The lowest BCUT2D eigenvalue weighted by Gasteiger charge is -2.50. The van der Waals surface area contributed by atoms with Crippen molar-refractivity contribution >= 4 is 5.91 Å². The number of carbonyl (C=O) groups excluding carboxylic acids is 1. The number of rotatable bonds is 4. The Hall–Kier alpha value is -1.33. The molecule has 2 atom stereocenters. The summed E-state index contributed by atoms with van der Waals surface area (Å²) in [6.45, 7) is 11.1. The van der Waals surface area contributed by atoms with E-state index in [1.807, 2.05) is 24.8 Å². The quantitative estimate of drug-likeness (QED) is 0.921. The third kappa shape index (κ3) is 3.38. The summed E-state index contributed by atoms with van der Waals surface area (Å²) in [6, 6.07) is 1.96. The molecule has 1 amide bonds. The fourth-order valence-electron chi connectivity index (χ4n) is 4.12. The number of aryl methyl sites for hydroxylation is 2. The lowest BCUT2D eigenvalue weighted by Crippen LogP contribution is -2.58. The lowest BCUT2D eigenvalue weighted by molar-refractivity contribution is -0.152. The van der Waals surface area contributed by atoms with E-state index >= 15 is 0 Å². The number of likely N-dealkylation sites (tertiary alicyclic amines) is 1. The number of aromatic nitrogens is 1. The standard InChI is InChI=1S/C19H30N2O3/c1-13(2)24-12-19-7-5-9-23-17(19)6-8-21(11-19)18(22)16-10-14(3)20-15(16)4/h10,13,17,20H,5-9,11-12H2,1-4H3/t17-,19+/m0/s1. The van der Waals surface area contributed by atoms with Gasteiger partial charge in [0.25, 0.3) is 5.91 Å². The zero-order valence-electron chi connectivity index (χ0n) is 15.4. The number of amides is 1. The summed E-state index contributed by atoms with van der Waals surface area (Å²) >= 11 is 0. The van der Waals surface area contributed by atoms with Crippen molar-refractivity contribution in [2.24, 2.45) is 5.41 Å². The Morgan fingerprint density at radius 2 is 2.29 bits per heavy atom. The van der Waals surface area contributed by atoms with Gasteiger partial charge in [-0.3, -0.25) is 4.79 Å². The summed E-state index contributed by atoms with van der Waals surface area (Å²) in [4.78, 5) is 18.3. The molecule has 1 aromatic heterocycles. The average Bonchev–Trinajstić information content (AvgIpc) is 2.90. The van der Waals surface area contributed by atoms with Crippen LogP contribution in [0.1, 0.15) is 54.9 Å². The molecule has 0 unspecified atom stereocenters. The maximum Gasteiger partial charge on any atom is 0.255 e. The highest BCUT2D eigenvalue weighted by Gasteiger charge is 2.47. The summed E-state index contributed by atoms with van der Waals surface area (Å²) in [5, 5.41) is 0. The van der Waals surface area contributed by atoms with Gasteiger partial charge in [0.05, 0.1) is 24.4 Å². The van der Waals surface area contributed by atoms with Crippen molar-refractivity contribution in [3.8, 4) is 0 Å². The molecule has 2 aliphatic heterocycles. The molecule has 0 aliphatic carbocycles. The first-order valence-corrected chi connectivity index (χ1v) is 9.10. The molecule has 5 heteroatoms. The molecule has 0 aromatic carbocycles. The van der Waals surface area contributed by atoms with Crippen LogP contribution in [-0.2, 0) is 9.47 Å². The Labute approximate surface area is 144 Å². The van der Waals surface area contributed by atoms with Gasteiger partial charge in [-0.25, -0.2) is 0 Å². The van der Waals surface area contributed by atoms with Crippen molar-refractivity contribution in [1.82, 2.24) is 9.88 Å². The van der Waals surface area contributed by atoms with Crippen LogP contribution in [0.2, 0.25) is 0 Å². The molecular weight excluding hydrogens is 304 g/mol. The Bertz CT molecular complexity index is 595. The van der Waals surface area contributed by atoms with Gasteiger partial charge in [-0.1, -0.05) is 0 Å². The maximum absolute atomic E-state index is 13.0. The predicted octanol–water partition coefficient (Wildman–Crippen LogP) is 3.07. The van der Waals surface area contributed by atoms with E-state index in [1.54, 1.807) is 0 Å². The molecule has 5 nitrogen and oxygen atoms in total. The number of ether oxygens (including phenoxy) is 2. The highest BCUT2D eigenvalue weighted by Crippen LogP contribution is 2.41. The normalized spacial score (nSPS) is 27.4. The van der Waals surface area contributed by atoms with Gasteiger partial charge in [0.1, 0.15) is 0 Å². The topological polar surface area (TPSA) is 54.6 Å². The molecule has 3 heterocycles. The van der Waals surface area contributed by atoms with Crippen molar-refractivity contribution in [2.75, 3.05) is 26.3 Å². The number of hydrogen-bond acceptors (Lipinski definition) is 3. The first-order chi connectivity index (χ1) is 11.4. The van der Waals surface area contributed by atoms with Crippen molar-refractivity contribution in [3.05, 3.63) is 23.0 Å². The van der Waals surface area contributed by atoms with Crippen LogP contribution in [-0.4, -0.2) is 54.3 Å². The number of nitrogens with one attached hydrogen (secondary N) is 1. The lowest BCUT2D eigenvalue weighted by atomic mass is 9.73. The van der Waals surface area contributed by atoms with E-state index in [1.165, 1.54) is 0 Å². The van der Waals surface area contributed by atoms with E-state index in [0.29, 0.717) is 6.61 Å². The highest BCUT2D eigenvalue weighted by atomic mass is 16.5. The van der Waals surface area contributed by atoms with Crippen LogP contribution >= 0.6 is 0 Å². The van der Waals surface area contributed by atoms with E-state index in [2.05, 4.69) is 18.8 Å². The first-order valence-electron chi connectivity index (χ1n) is 9.10. The van der Waals surface area contributed by atoms with Crippen molar-refractivity contribution < 1.29 is 14.3 Å². The molecule has 0 spiro atoms. The van der Waals surface area contributed by atoms with Crippen LogP contribution < -0.4 is 0 Å². The largest absolute Gasteiger partial charge is 0.378 e. The summed E-state index contributed by atoms with van der Waals surface area (Å²) < 4.78 is 12.0. The number of aromatic amines is 1. The van der Waals surface area contributed by atoms with E-state index in [0.717, 1.165) is 55.9 Å². The monoisotopic (exact) mass is 334 g/mol. The smallest absolute Gasteiger partial charge is 0.255 e. The van der Waals surface area contributed by atoms with Gasteiger partial charge in [-0.05, 0) is 53.0 Å². The molecule has 0 radical (unpaired) electrons. The Balaban J connectivity index is 1.79. The summed E-state index contributed by atoms with van der Waals surface area (Å²) in [6.07, 6.45) is 3.42. The van der Waals surface area contributed by atoms with Gasteiger partial charge in [0, 0.05) is 36.5 Å². The Morgan fingerprint density at radius 3 is 2.96 bits per heavy atom. The van der Waals surface area contributed by atoms with Gasteiger partial charge in [-0.15, -0.1) is 0 Å². The maximum atomic E-state index is 13.0. The van der Waals surface area contributed by atoms with Crippen molar-refractivity contribution in [2.45, 2.75) is 59.2 Å². The second-order valence-electron chi connectivity index (χ2n) is 7.69. The van der Waals surface area contributed by atoms with E-state index in [4.69, 9.17) is 9.47 Å². The minimum Gasteiger partial charge on any atom is -0.378 e. The molecule has 134 valence electrons. The van der Waals surface area contributed by atoms with Gasteiger partial charge < -0.3 is 19.4 Å². The number of hydrogen-bond donors (Lipinski definition) is 1. The van der Waals surface area contributed by atoms with Crippen molar-refractivity contribution in [3.63, 3.8) is 0 Å². The van der Waals surface area contributed by atoms with Crippen LogP contribution in [0.3, 0.4) is 0 Å². The fraction of sp³-hybridized carbons (Fsp3) is 0.737. The number of fused-ring (bicyclic) bond motifs is 1. The second kappa shape index (κ2) is 6.89. The van der Waals surface area contributed by atoms with Crippen LogP contribution in [0.4, 0.5) is 0 Å². The Kier molecular flexibility index (Phi) is 5.02. The number of piperidine rings is 1. The number of carbonyl (C=O) groups is 1. The minimum absolute atomic E-state index is 0.0598. The average molecular weight is 334 g/mol. The van der Waals surface area contributed by atoms with E-state index in [9.17, 15) is 4.79 Å². The third-order valence-electron chi connectivity index (χ3n) is 5.36. The van der Waals surface area contributed by atoms with Gasteiger partial charge in [0.15, 0.2) is 0 Å². The molecule has 3 rings (SSSR count). The van der Waals surface area contributed by atoms with E-state index < -0.39 is 0 Å². The van der Waals surface area contributed by atoms with Gasteiger partial charge in [-0.2, -0.15) is 0 Å². The van der Waals surface area contributed by atoms with Crippen LogP contribution in [0.25, 0.3) is 0 Å². The molecule has 0 bridgehead atoms. The predicted molar refractivity (Wildman–Crippen MR) is 93.3 cm³/mol. The van der Waals surface area contributed by atoms with Gasteiger partial charge >= 0.3 is 0 Å². The van der Waals surface area contributed by atoms with Gasteiger partial charge in [0.2, 0.25) is 0 Å². The third-order valence-corrected chi connectivity index (χ3v) is 5.36. The Morgan fingerprint density at radius 1 is 1.50 bits per heavy atom. The summed E-state index contributed by atoms with van der Waals surface area (Å²) in [5.41, 5.74) is 2.72. The molecule has 1 aromatic rings. The van der Waals surface area contributed by atoms with Crippen molar-refractivity contribution in [1.29, 1.82) is 0 Å². The molecule has 2 fully saturated rings. The summed E-state index contributed by atoms with van der Waals surface area (Å²) in [5.74, 6) is 0.129. The highest BCUT2D eigenvalue weighted by molar-refractivity contribution is 5.95. The minimum atomic E-state index is -0.0598. The SMILES string of the molecule is Cc1cc(C(=O)N2CC[C@@H]3OCCC[C@]3(COC(C)C)C2)c(C)[nH]1. The second-order valence-corrected chi connectivity index (χ2v) is 7.69. The molecule has 0 saturated carbocycles. The first kappa shape index (κ1) is 17.5. The molecule has 24 heavy (non-hydrogen) atoms. The number of nitrogens with zero attached hydrogens (tertiary/aromatic N) is 1. The summed E-state index contributed by atoms with van der Waals surface area (Å²) in [7, 11) is 0. The molecule has 1 N–H and O–H groups in total. The van der Waals surface area contributed by atoms with Crippen LogP contribution in [0, 0.1) is 19.3 Å². The zero-order chi connectivity index (χ0) is 17.3. The molecular formula is C19H30N2O3. The number of H-pyrrole nitrogens is 1. The van der Waals surface area contributed by atoms with E-state index in [-0.39, 0.29) is 23.5 Å². The fourth-order valence-corrected chi connectivity index (χ4v) is 4.12. The molecule has 2 aliphatic rings. The molecule has 2 saturated heterocycles. The zero-order valence-corrected chi connectivity index (χ0v) is 15.4. The van der Waals surface area contributed by atoms with Crippen LogP contribution in [0.5, 0.6) is 0 Å². The van der Waals surface area contributed by atoms with Crippen LogP contribution in [0.15, 0.2) is 6.07 Å².